The van der Waals surface area contributed by atoms with Gasteiger partial charge in [-0.15, -0.1) is 0 Å². The first-order valence-corrected chi connectivity index (χ1v) is 8.64. The molecular formula is C16H36B3N3. The van der Waals surface area contributed by atoms with Crippen molar-refractivity contribution in [2.45, 2.75) is 69.1 Å². The fraction of sp³-hybridized carbons (Fsp3) is 1.00. The molecule has 0 aromatic rings. The van der Waals surface area contributed by atoms with Gasteiger partial charge in [-0.3, -0.25) is 0 Å². The molecule has 0 atom stereocenters. The van der Waals surface area contributed by atoms with Gasteiger partial charge in [-0.2, -0.15) is 0 Å². The third-order valence-electron chi connectivity index (χ3n) is 3.52. The van der Waals surface area contributed by atoms with E-state index >= 15 is 0 Å². The van der Waals surface area contributed by atoms with E-state index in [0.29, 0.717) is 17.8 Å². The summed E-state index contributed by atoms with van der Waals surface area (Å²) in [4.78, 5) is 0. The van der Waals surface area contributed by atoms with Crippen molar-refractivity contribution < 1.29 is 0 Å². The maximum Gasteiger partial charge on any atom is 0.290 e. The van der Waals surface area contributed by atoms with Crippen molar-refractivity contribution in [3.05, 3.63) is 0 Å². The van der Waals surface area contributed by atoms with Crippen LogP contribution in [0.1, 0.15) is 62.3 Å². The molecule has 6 heteroatoms. The van der Waals surface area contributed by atoms with Crippen molar-refractivity contribution >= 4 is 22.1 Å². The van der Waals surface area contributed by atoms with Crippen LogP contribution in [0.15, 0.2) is 0 Å². The molecule has 1 aliphatic rings. The first kappa shape index (κ1) is 20.1. The molecule has 0 aromatic heterocycles. The lowest BCUT2D eigenvalue weighted by Gasteiger charge is -2.49. The van der Waals surface area contributed by atoms with E-state index < -0.39 is 0 Å². The van der Waals surface area contributed by atoms with Crippen molar-refractivity contribution in [3.8, 4) is 0 Å². The van der Waals surface area contributed by atoms with Crippen molar-refractivity contribution in [2.75, 3.05) is 19.6 Å². The molecule has 22 heavy (non-hydrogen) atoms. The highest BCUT2D eigenvalue weighted by Gasteiger charge is 2.39. The van der Waals surface area contributed by atoms with Gasteiger partial charge in [0.15, 0.2) is 0 Å². The van der Waals surface area contributed by atoms with E-state index in [4.69, 9.17) is 0 Å². The summed E-state index contributed by atoms with van der Waals surface area (Å²) >= 11 is 0. The standard InChI is InChI=1S/C16H36B3N3/c1-14(2,3)11-20-17-21(12-15(4,5)6)19(10)22(18-20)13-16(7,8)9/h11-13H2,1-10H3. The van der Waals surface area contributed by atoms with Crippen LogP contribution in [0.5, 0.6) is 0 Å². The molecule has 1 fully saturated rings. The predicted octanol–water partition coefficient (Wildman–Crippen LogP) is 3.23. The van der Waals surface area contributed by atoms with E-state index in [0.717, 1.165) is 19.6 Å². The summed E-state index contributed by atoms with van der Waals surface area (Å²) < 4.78 is 7.37. The van der Waals surface area contributed by atoms with Crippen molar-refractivity contribution in [2.24, 2.45) is 16.2 Å². The molecule has 0 N–H and O–H groups in total. The van der Waals surface area contributed by atoms with E-state index in [1.165, 1.54) is 0 Å². The Morgan fingerprint density at radius 1 is 0.636 bits per heavy atom. The quantitative estimate of drug-likeness (QED) is 0.741. The Kier molecular flexibility index (Phi) is 6.31. The maximum absolute atomic E-state index is 2.50. The maximum atomic E-state index is 2.50. The van der Waals surface area contributed by atoms with Crippen LogP contribution in [0.4, 0.5) is 0 Å². The summed E-state index contributed by atoms with van der Waals surface area (Å²) in [5, 5.41) is 0. The van der Waals surface area contributed by atoms with Crippen molar-refractivity contribution in [3.63, 3.8) is 0 Å². The molecule has 3 nitrogen and oxygen atoms in total. The lowest BCUT2D eigenvalue weighted by molar-refractivity contribution is 0.280. The normalized spacial score (nSPS) is 20.0. The van der Waals surface area contributed by atoms with Crippen molar-refractivity contribution in [1.29, 1.82) is 0 Å². The third kappa shape index (κ3) is 7.56. The molecule has 0 aliphatic carbocycles. The number of rotatable bonds is 3. The summed E-state index contributed by atoms with van der Waals surface area (Å²) in [5.41, 5.74) is 0.875. The molecular weight excluding hydrogens is 267 g/mol. The molecule has 0 amide bonds. The van der Waals surface area contributed by atoms with Crippen LogP contribution < -0.4 is 0 Å². The lowest BCUT2D eigenvalue weighted by Crippen LogP contribution is -2.69. The first-order chi connectivity index (χ1) is 9.66. The van der Waals surface area contributed by atoms with Crippen LogP contribution in [0.25, 0.3) is 0 Å². The highest BCUT2D eigenvalue weighted by Crippen LogP contribution is 2.24. The average Bonchev–Trinajstić information content (AvgIpc) is 2.18. The Morgan fingerprint density at radius 3 is 1.23 bits per heavy atom. The minimum absolute atomic E-state index is 0.286. The number of nitrogens with zero attached hydrogens (tertiary/aromatic N) is 3. The summed E-state index contributed by atoms with van der Waals surface area (Å²) in [6.45, 7) is 26.7. The molecule has 1 heterocycles. The second-order valence-electron chi connectivity index (χ2n) is 10.6. The summed E-state index contributed by atoms with van der Waals surface area (Å²) in [6.07, 6.45) is 0. The average molecular weight is 303 g/mol. The molecule has 2 radical (unpaired) electrons. The van der Waals surface area contributed by atoms with Gasteiger partial charge in [0, 0.05) is 0 Å². The van der Waals surface area contributed by atoms with E-state index in [1.807, 2.05) is 0 Å². The SMILES string of the molecule is CB1N(CC(C)(C)C)[B]N(CC(C)(C)C)[B]N1CC(C)(C)C. The van der Waals surface area contributed by atoms with Gasteiger partial charge < -0.3 is 14.2 Å². The Hall–Kier alpha value is 0.0748. The Morgan fingerprint density at radius 2 is 0.955 bits per heavy atom. The second-order valence-corrected chi connectivity index (χ2v) is 10.6. The van der Waals surface area contributed by atoms with Crippen LogP contribution in [0.2, 0.25) is 6.82 Å². The predicted molar refractivity (Wildman–Crippen MR) is 102 cm³/mol. The van der Waals surface area contributed by atoms with Crippen LogP contribution in [0, 0.1) is 16.2 Å². The van der Waals surface area contributed by atoms with Gasteiger partial charge in [-0.25, -0.2) is 0 Å². The largest absolute Gasteiger partial charge is 0.364 e. The smallest absolute Gasteiger partial charge is 0.290 e. The fourth-order valence-electron chi connectivity index (χ4n) is 2.86. The minimum atomic E-state index is 0.286. The van der Waals surface area contributed by atoms with Gasteiger partial charge in [0.2, 0.25) is 0 Å². The topological polar surface area (TPSA) is 9.72 Å². The molecule has 0 aromatic carbocycles. The first-order valence-electron chi connectivity index (χ1n) is 8.64. The van der Waals surface area contributed by atoms with Crippen LogP contribution >= 0.6 is 0 Å². The third-order valence-corrected chi connectivity index (χ3v) is 3.52. The fourth-order valence-corrected chi connectivity index (χ4v) is 2.86. The molecule has 124 valence electrons. The van der Waals surface area contributed by atoms with Gasteiger partial charge in [-0.1, -0.05) is 69.1 Å². The summed E-state index contributed by atoms with van der Waals surface area (Å²) in [5.74, 6) is 0. The molecule has 0 spiro atoms. The van der Waals surface area contributed by atoms with E-state index in [2.05, 4.69) is 98.4 Å². The number of hydrogen-bond acceptors (Lipinski definition) is 3. The summed E-state index contributed by atoms with van der Waals surface area (Å²) in [7, 11) is 4.64. The molecule has 0 bridgehead atoms. The molecule has 0 saturated carbocycles. The molecule has 1 rings (SSSR count). The monoisotopic (exact) mass is 303 g/mol. The van der Waals surface area contributed by atoms with E-state index in [9.17, 15) is 0 Å². The van der Waals surface area contributed by atoms with Gasteiger partial charge in [0.25, 0.3) is 22.1 Å². The molecule has 1 aliphatic heterocycles. The zero-order chi connectivity index (χ0) is 17.3. The molecule has 1 saturated heterocycles. The Labute approximate surface area is 141 Å². The van der Waals surface area contributed by atoms with Gasteiger partial charge in [-0.05, 0) is 35.9 Å². The van der Waals surface area contributed by atoms with Gasteiger partial charge in [0.05, 0.1) is 0 Å². The second kappa shape index (κ2) is 6.90. The Bertz CT molecular complexity index is 329. The van der Waals surface area contributed by atoms with E-state index in [-0.39, 0.29) is 5.41 Å². The number of hydrogen-bond donors (Lipinski definition) is 0. The lowest BCUT2D eigenvalue weighted by atomic mass is 9.57. The van der Waals surface area contributed by atoms with E-state index in [1.54, 1.807) is 0 Å². The van der Waals surface area contributed by atoms with Gasteiger partial charge in [0.1, 0.15) is 0 Å². The highest BCUT2D eigenvalue weighted by atomic mass is 15.3. The minimum Gasteiger partial charge on any atom is -0.364 e. The van der Waals surface area contributed by atoms with Crippen LogP contribution in [-0.4, -0.2) is 55.9 Å². The zero-order valence-corrected chi connectivity index (χ0v) is 16.7. The zero-order valence-electron chi connectivity index (χ0n) is 16.7. The highest BCUT2D eigenvalue weighted by molar-refractivity contribution is 6.73. The summed E-state index contributed by atoms with van der Waals surface area (Å²) in [6, 6.07) is 0. The molecule has 0 unspecified atom stereocenters. The van der Waals surface area contributed by atoms with Gasteiger partial charge >= 0.3 is 0 Å². The Balaban J connectivity index is 2.87. The van der Waals surface area contributed by atoms with Crippen molar-refractivity contribution in [1.82, 2.24) is 14.2 Å². The van der Waals surface area contributed by atoms with Crippen LogP contribution in [0.3, 0.4) is 0 Å². The van der Waals surface area contributed by atoms with Crippen LogP contribution in [-0.2, 0) is 0 Å².